The highest BCUT2D eigenvalue weighted by molar-refractivity contribution is 6.95. The number of rotatable bonds is 6. The molecule has 1 aliphatic heterocycles. The summed E-state index contributed by atoms with van der Waals surface area (Å²) in [6.45, 7) is -0.0193. The van der Waals surface area contributed by atoms with Gasteiger partial charge in [0, 0.05) is 28.9 Å². The molecule has 0 saturated heterocycles. The first-order valence-electron chi connectivity index (χ1n) is 17.5. The van der Waals surface area contributed by atoms with Crippen molar-refractivity contribution in [2.24, 2.45) is 0 Å². The summed E-state index contributed by atoms with van der Waals surface area (Å²) >= 11 is 0. The quantitative estimate of drug-likeness (QED) is 0.133. The number of fused-ring (bicyclic) bond motifs is 6. The Morgan fingerprint density at radius 3 is 1.94 bits per heavy atom. The number of hydrogen-bond donors (Lipinski definition) is 0. The summed E-state index contributed by atoms with van der Waals surface area (Å²) in [4.78, 5) is 9.68. The highest BCUT2D eigenvalue weighted by Gasteiger charge is 2.28. The largest absolute Gasteiger partial charge is 0.456 e. The van der Waals surface area contributed by atoms with E-state index in [0.717, 1.165) is 39.2 Å². The summed E-state index contributed by atoms with van der Waals surface area (Å²) in [6.07, 6.45) is 3.77. The average Bonchev–Trinajstić information content (AvgIpc) is 3.20. The van der Waals surface area contributed by atoms with E-state index >= 15 is 0 Å². The van der Waals surface area contributed by atoms with Gasteiger partial charge in [-0.1, -0.05) is 132 Å². The maximum Gasteiger partial charge on any atom is 0.265 e. The zero-order chi connectivity index (χ0) is 33.7. The van der Waals surface area contributed by atoms with Crippen molar-refractivity contribution >= 4 is 55.5 Å². The number of benzene rings is 7. The van der Waals surface area contributed by atoms with Gasteiger partial charge in [-0.2, -0.15) is 0 Å². The topological polar surface area (TPSA) is 35.0 Å². The van der Waals surface area contributed by atoms with Gasteiger partial charge >= 0.3 is 0 Å². The van der Waals surface area contributed by atoms with E-state index in [1.54, 1.807) is 0 Å². The molecule has 0 spiro atoms. The van der Waals surface area contributed by atoms with E-state index in [4.69, 9.17) is 14.7 Å². The Hall–Kier alpha value is -6.52. The molecule has 3 nitrogen and oxygen atoms in total. The molecule has 238 valence electrons. The third-order valence-electron chi connectivity index (χ3n) is 10.4. The summed E-state index contributed by atoms with van der Waals surface area (Å²) in [5.41, 5.74) is 9.13. The molecule has 51 heavy (non-hydrogen) atoms. The normalized spacial score (nSPS) is 12.4. The molecular weight excluding hydrogens is 619 g/mol. The molecule has 7 aromatic carbocycles. The fourth-order valence-corrected chi connectivity index (χ4v) is 8.16. The van der Waals surface area contributed by atoms with E-state index in [9.17, 15) is 0 Å². The van der Waals surface area contributed by atoms with Crippen LogP contribution in [-0.2, 0) is 0 Å². The summed E-state index contributed by atoms with van der Waals surface area (Å²) in [7, 11) is 0. The van der Waals surface area contributed by atoms with Crippen LogP contribution < -0.4 is 21.3 Å². The molecule has 1 aliphatic rings. The predicted molar refractivity (Wildman–Crippen MR) is 211 cm³/mol. The van der Waals surface area contributed by atoms with Crippen molar-refractivity contribution in [3.63, 3.8) is 0 Å². The fraction of sp³-hybridized carbons (Fsp3) is 0.0213. The van der Waals surface area contributed by atoms with Crippen LogP contribution >= 0.6 is 0 Å². The van der Waals surface area contributed by atoms with Crippen LogP contribution in [0.15, 0.2) is 182 Å². The van der Waals surface area contributed by atoms with Gasteiger partial charge in [-0.3, -0.25) is 9.97 Å². The fourth-order valence-electron chi connectivity index (χ4n) is 8.16. The smallest absolute Gasteiger partial charge is 0.265 e. The second kappa shape index (κ2) is 12.1. The molecule has 4 heteroatoms. The highest BCUT2D eigenvalue weighted by atomic mass is 16.5. The van der Waals surface area contributed by atoms with Crippen LogP contribution in [0.3, 0.4) is 0 Å². The molecule has 0 fully saturated rings. The molecule has 9 aromatic rings. The van der Waals surface area contributed by atoms with E-state index in [1.165, 1.54) is 49.1 Å². The second-order valence-electron chi connectivity index (χ2n) is 13.3. The summed E-state index contributed by atoms with van der Waals surface area (Å²) < 4.78 is 6.83. The van der Waals surface area contributed by atoms with Crippen molar-refractivity contribution in [2.75, 3.05) is 0 Å². The van der Waals surface area contributed by atoms with Crippen LogP contribution in [0.4, 0.5) is 0 Å². The lowest BCUT2D eigenvalue weighted by Gasteiger charge is -2.26. The Morgan fingerprint density at radius 2 is 1.16 bits per heavy atom. The van der Waals surface area contributed by atoms with E-state index in [2.05, 4.69) is 158 Å². The van der Waals surface area contributed by atoms with Gasteiger partial charge in [-0.15, -0.1) is 0 Å². The monoisotopic (exact) mass is 650 g/mol. The molecule has 0 bridgehead atoms. The highest BCUT2D eigenvalue weighted by Crippen LogP contribution is 2.50. The van der Waals surface area contributed by atoms with E-state index in [-0.39, 0.29) is 12.6 Å². The van der Waals surface area contributed by atoms with Crippen molar-refractivity contribution in [1.82, 2.24) is 9.97 Å². The number of hydrogen-bond acceptors (Lipinski definition) is 3. The summed E-state index contributed by atoms with van der Waals surface area (Å²) in [6, 6.07) is 60.5. The molecule has 0 amide bonds. The van der Waals surface area contributed by atoms with Gasteiger partial charge in [0.25, 0.3) is 6.71 Å². The van der Waals surface area contributed by atoms with Crippen molar-refractivity contribution in [1.29, 1.82) is 0 Å². The van der Waals surface area contributed by atoms with Crippen LogP contribution in [-0.4, -0.2) is 16.7 Å². The summed E-state index contributed by atoms with van der Waals surface area (Å²) in [5, 5.41) is 7.24. The Kier molecular flexibility index (Phi) is 6.99. The van der Waals surface area contributed by atoms with Gasteiger partial charge in [0.15, 0.2) is 0 Å². The SMILES string of the molecule is c1ccc(B(c2ccc3c(c2)Oc2cccc4c2c-3cc2c3ccccc3c(C(c3ccccc3)c3ccccn3)cc42)c2ccccn2)cc1. The van der Waals surface area contributed by atoms with Gasteiger partial charge in [-0.05, 0) is 92.2 Å². The lowest BCUT2D eigenvalue weighted by Crippen LogP contribution is -2.53. The third-order valence-corrected chi connectivity index (χ3v) is 10.4. The second-order valence-corrected chi connectivity index (χ2v) is 13.3. The first-order chi connectivity index (χ1) is 25.3. The number of pyridine rings is 2. The summed E-state index contributed by atoms with van der Waals surface area (Å²) in [5.74, 6) is 1.71. The molecule has 0 aliphatic carbocycles. The maximum atomic E-state index is 6.83. The van der Waals surface area contributed by atoms with E-state index in [1.807, 2.05) is 24.5 Å². The van der Waals surface area contributed by atoms with E-state index in [0.29, 0.717) is 0 Å². The minimum atomic E-state index is -0.0282. The predicted octanol–water partition coefficient (Wildman–Crippen LogP) is 9.41. The van der Waals surface area contributed by atoms with Crippen LogP contribution in [0, 0.1) is 0 Å². The van der Waals surface area contributed by atoms with Crippen LogP contribution in [0.2, 0.25) is 0 Å². The van der Waals surface area contributed by atoms with Gasteiger partial charge < -0.3 is 4.74 Å². The third kappa shape index (κ3) is 4.91. The van der Waals surface area contributed by atoms with Gasteiger partial charge in [0.1, 0.15) is 11.5 Å². The van der Waals surface area contributed by atoms with Gasteiger partial charge in [-0.25, -0.2) is 0 Å². The molecule has 3 heterocycles. The number of nitrogens with zero attached hydrogens (tertiary/aromatic N) is 2. The lowest BCUT2D eigenvalue weighted by molar-refractivity contribution is 0.487. The van der Waals surface area contributed by atoms with Crippen LogP contribution in [0.1, 0.15) is 22.7 Å². The molecule has 0 saturated carbocycles. The van der Waals surface area contributed by atoms with Crippen molar-refractivity contribution in [3.8, 4) is 22.6 Å². The van der Waals surface area contributed by atoms with Crippen LogP contribution in [0.5, 0.6) is 11.5 Å². The van der Waals surface area contributed by atoms with E-state index < -0.39 is 0 Å². The number of ether oxygens (including phenoxy) is 1. The van der Waals surface area contributed by atoms with Crippen LogP contribution in [0.25, 0.3) is 43.4 Å². The molecule has 1 atom stereocenters. The van der Waals surface area contributed by atoms with Crippen molar-refractivity contribution < 1.29 is 4.74 Å². The minimum Gasteiger partial charge on any atom is -0.456 e. The molecular formula is C47H31BN2O. The Balaban J connectivity index is 1.21. The number of aromatic nitrogens is 2. The zero-order valence-electron chi connectivity index (χ0n) is 27.8. The first kappa shape index (κ1) is 29.4. The van der Waals surface area contributed by atoms with Gasteiger partial charge in [0.05, 0.1) is 11.6 Å². The standard InChI is InChI=1S/C47H31BN2O/c1-3-14-31(15-4-1)46(42-21-9-11-26-49-42)40-30-39-37-20-13-22-43-47(37)41(29-38(39)34-18-7-8-19-35(34)40)36-25-24-33(28-44(36)51-43)48(32-16-5-2-6-17-32)45-23-10-12-27-50-45/h1-30,46H. The average molecular weight is 651 g/mol. The Labute approximate surface area is 296 Å². The van der Waals surface area contributed by atoms with Crippen molar-refractivity contribution in [2.45, 2.75) is 5.92 Å². The van der Waals surface area contributed by atoms with Crippen molar-refractivity contribution in [3.05, 3.63) is 199 Å². The molecule has 0 radical (unpaired) electrons. The molecule has 2 aromatic heterocycles. The molecule has 10 rings (SSSR count). The Bertz CT molecular complexity index is 2640. The maximum absolute atomic E-state index is 6.83. The lowest BCUT2D eigenvalue weighted by atomic mass is 9.38. The minimum absolute atomic E-state index is 0.0193. The zero-order valence-corrected chi connectivity index (χ0v) is 27.8. The first-order valence-corrected chi connectivity index (χ1v) is 17.5. The molecule has 0 N–H and O–H groups in total. The Morgan fingerprint density at radius 1 is 0.451 bits per heavy atom. The van der Waals surface area contributed by atoms with Gasteiger partial charge in [0.2, 0.25) is 0 Å². The molecule has 1 unspecified atom stereocenters.